The van der Waals surface area contributed by atoms with E-state index in [1.54, 1.807) is 5.56 Å². The minimum Gasteiger partial charge on any atom is -0.310 e. The van der Waals surface area contributed by atoms with Crippen molar-refractivity contribution in [1.29, 1.82) is 0 Å². The molecule has 8 aromatic carbocycles. The molecule has 0 heterocycles. The van der Waals surface area contributed by atoms with Crippen molar-refractivity contribution in [2.75, 3.05) is 9.80 Å². The van der Waals surface area contributed by atoms with Gasteiger partial charge in [-0.25, -0.2) is 0 Å². The molecule has 2 fully saturated rings. The quantitative estimate of drug-likeness (QED) is 0.158. The van der Waals surface area contributed by atoms with Crippen molar-refractivity contribution in [3.63, 3.8) is 0 Å². The zero-order valence-corrected chi connectivity index (χ0v) is 37.5. The molecule has 2 saturated carbocycles. The van der Waals surface area contributed by atoms with Crippen molar-refractivity contribution < 1.29 is 0 Å². The van der Waals surface area contributed by atoms with Gasteiger partial charge in [0.15, 0.2) is 0 Å². The van der Waals surface area contributed by atoms with E-state index in [0.717, 1.165) is 11.6 Å². The van der Waals surface area contributed by atoms with Gasteiger partial charge in [0, 0.05) is 44.8 Å². The van der Waals surface area contributed by atoms with E-state index in [9.17, 15) is 0 Å². The molecule has 12 rings (SSSR count). The first-order chi connectivity index (χ1) is 31.3. The number of para-hydroxylation sites is 4. The fourth-order valence-corrected chi connectivity index (χ4v) is 13.5. The second kappa shape index (κ2) is 15.0. The highest BCUT2D eigenvalue weighted by Gasteiger charge is 2.57. The maximum atomic E-state index is 2.61. The molecule has 2 heteroatoms. The molecule has 0 aliphatic heterocycles. The molecule has 0 radical (unpaired) electrons. The number of benzene rings is 8. The third-order valence-corrected chi connectivity index (χ3v) is 15.9. The third-order valence-electron chi connectivity index (χ3n) is 15.9. The van der Waals surface area contributed by atoms with Gasteiger partial charge in [0.1, 0.15) is 0 Å². The van der Waals surface area contributed by atoms with Crippen molar-refractivity contribution in [1.82, 2.24) is 0 Å². The number of fused-ring (bicyclic) bond motifs is 11. The summed E-state index contributed by atoms with van der Waals surface area (Å²) in [6.45, 7) is 9.91. The summed E-state index contributed by atoms with van der Waals surface area (Å²) in [5.74, 6) is 2.50. The highest BCUT2D eigenvalue weighted by Crippen LogP contribution is 2.67. The van der Waals surface area contributed by atoms with Gasteiger partial charge in [-0.1, -0.05) is 155 Å². The molecular weight excluding hydrogens is 773 g/mol. The normalized spacial score (nSPS) is 22.0. The molecule has 2 nitrogen and oxygen atoms in total. The first kappa shape index (κ1) is 39.0. The molecule has 1 spiro atoms. The Kier molecular flexibility index (Phi) is 9.13. The van der Waals surface area contributed by atoms with Gasteiger partial charge in [0.25, 0.3) is 0 Å². The number of nitrogens with zero attached hydrogens (tertiary/aromatic N) is 2. The maximum Gasteiger partial charge on any atom is 0.0540 e. The van der Waals surface area contributed by atoms with E-state index >= 15 is 0 Å². The van der Waals surface area contributed by atoms with E-state index in [1.165, 1.54) is 104 Å². The van der Waals surface area contributed by atoms with Crippen LogP contribution in [-0.2, 0) is 10.8 Å². The molecular formula is C62H56N2. The summed E-state index contributed by atoms with van der Waals surface area (Å²) in [6.07, 6.45) is 5.15. The SMILES string of the molecule is CC1CC2CC(C)C3(c4cc(N(c5ccccc5)c5ccccc5)ccc4-c4cccc(-c5ccccc5N(c5ccccc5)c5ccc6c(c5)C(C)(C)c5ccccc5-6)c43)C(C1)C2. The fourth-order valence-electron chi connectivity index (χ4n) is 13.5. The number of anilines is 6. The van der Waals surface area contributed by atoms with Crippen LogP contribution in [0.5, 0.6) is 0 Å². The molecule has 2 bridgehead atoms. The Bertz CT molecular complexity index is 3000. The third kappa shape index (κ3) is 5.84. The van der Waals surface area contributed by atoms with Crippen molar-refractivity contribution >= 4 is 34.1 Å². The highest BCUT2D eigenvalue weighted by atomic mass is 15.1. The lowest BCUT2D eigenvalue weighted by molar-refractivity contribution is 0.0429. The molecule has 4 aliphatic carbocycles. The van der Waals surface area contributed by atoms with E-state index in [2.05, 4.69) is 232 Å². The van der Waals surface area contributed by atoms with Crippen LogP contribution in [0.3, 0.4) is 0 Å². The van der Waals surface area contributed by atoms with E-state index in [-0.39, 0.29) is 10.8 Å². The summed E-state index contributed by atoms with van der Waals surface area (Å²) in [7, 11) is 0. The maximum absolute atomic E-state index is 2.61. The number of hydrogen-bond donors (Lipinski definition) is 0. The Morgan fingerprint density at radius 3 is 1.56 bits per heavy atom. The first-order valence-electron chi connectivity index (χ1n) is 23.7. The fraction of sp³-hybridized carbons (Fsp3) is 0.226. The summed E-state index contributed by atoms with van der Waals surface area (Å²) in [6, 6.07) is 73.1. The van der Waals surface area contributed by atoms with E-state index < -0.39 is 0 Å². The molecule has 5 atom stereocenters. The van der Waals surface area contributed by atoms with Gasteiger partial charge in [-0.2, -0.15) is 0 Å². The van der Waals surface area contributed by atoms with Crippen molar-refractivity contribution in [2.45, 2.75) is 64.2 Å². The molecule has 4 aliphatic rings. The van der Waals surface area contributed by atoms with Gasteiger partial charge in [-0.15, -0.1) is 0 Å². The van der Waals surface area contributed by atoms with E-state index in [0.29, 0.717) is 17.8 Å². The predicted molar refractivity (Wildman–Crippen MR) is 269 cm³/mol. The van der Waals surface area contributed by atoms with Crippen LogP contribution in [0.1, 0.15) is 75.6 Å². The van der Waals surface area contributed by atoms with Crippen LogP contribution in [-0.4, -0.2) is 0 Å². The molecule has 0 N–H and O–H groups in total. The van der Waals surface area contributed by atoms with Gasteiger partial charge in [0.2, 0.25) is 0 Å². The summed E-state index contributed by atoms with van der Waals surface area (Å²) in [4.78, 5) is 4.99. The predicted octanol–water partition coefficient (Wildman–Crippen LogP) is 17.0. The summed E-state index contributed by atoms with van der Waals surface area (Å²) < 4.78 is 0. The standard InChI is InChI=1S/C62H56N2/c1-41-35-43-37-42(2)62(44(36-41)38-43)58-40-48(63(45-19-8-5-9-20-45)46-21-10-6-11-22-46)31-34-52(58)54-27-18-28-55(60(54)62)53-26-15-17-30-59(53)64(47-23-12-7-13-24-47)49-32-33-51-50-25-14-16-29-56(50)61(3,4)57(51)39-49/h5-34,39-44H,35-38H2,1-4H3. The largest absolute Gasteiger partial charge is 0.310 e. The molecule has 0 aromatic heterocycles. The number of rotatable bonds is 7. The van der Waals surface area contributed by atoms with Crippen LogP contribution in [0.2, 0.25) is 0 Å². The minimum atomic E-state index is -0.143. The summed E-state index contributed by atoms with van der Waals surface area (Å²) >= 11 is 0. The van der Waals surface area contributed by atoms with Crippen molar-refractivity contribution in [3.8, 4) is 33.4 Å². The lowest BCUT2D eigenvalue weighted by atomic mass is 9.49. The second-order valence-electron chi connectivity index (χ2n) is 19.9. The zero-order valence-electron chi connectivity index (χ0n) is 37.5. The van der Waals surface area contributed by atoms with Crippen LogP contribution in [0.25, 0.3) is 33.4 Å². The molecule has 5 unspecified atom stereocenters. The Morgan fingerprint density at radius 2 is 0.891 bits per heavy atom. The van der Waals surface area contributed by atoms with Crippen LogP contribution in [0, 0.1) is 23.7 Å². The van der Waals surface area contributed by atoms with Crippen molar-refractivity contribution in [3.05, 3.63) is 216 Å². The monoisotopic (exact) mass is 828 g/mol. The van der Waals surface area contributed by atoms with Gasteiger partial charge < -0.3 is 9.80 Å². The van der Waals surface area contributed by atoms with Gasteiger partial charge in [0.05, 0.1) is 5.69 Å². The Balaban J connectivity index is 1.08. The Labute approximate surface area is 379 Å². The van der Waals surface area contributed by atoms with Crippen LogP contribution in [0.4, 0.5) is 34.1 Å². The van der Waals surface area contributed by atoms with Gasteiger partial charge in [-0.05, 0) is 166 Å². The summed E-state index contributed by atoms with van der Waals surface area (Å²) in [5.41, 5.74) is 20.9. The lowest BCUT2D eigenvalue weighted by Gasteiger charge is -2.55. The molecule has 0 amide bonds. The summed E-state index contributed by atoms with van der Waals surface area (Å²) in [5, 5.41) is 0. The average molecular weight is 829 g/mol. The lowest BCUT2D eigenvalue weighted by Crippen LogP contribution is -2.49. The van der Waals surface area contributed by atoms with Gasteiger partial charge >= 0.3 is 0 Å². The Hall–Kier alpha value is -6.64. The topological polar surface area (TPSA) is 6.48 Å². The molecule has 314 valence electrons. The highest BCUT2D eigenvalue weighted by molar-refractivity contribution is 5.96. The first-order valence-corrected chi connectivity index (χ1v) is 23.7. The average Bonchev–Trinajstić information content (AvgIpc) is 3.75. The van der Waals surface area contributed by atoms with E-state index in [4.69, 9.17) is 0 Å². The van der Waals surface area contributed by atoms with E-state index in [1.807, 2.05) is 0 Å². The molecule has 0 saturated heterocycles. The Morgan fingerprint density at radius 1 is 0.391 bits per heavy atom. The smallest absolute Gasteiger partial charge is 0.0540 e. The van der Waals surface area contributed by atoms with Crippen LogP contribution < -0.4 is 9.80 Å². The van der Waals surface area contributed by atoms with Gasteiger partial charge in [-0.3, -0.25) is 0 Å². The molecule has 64 heavy (non-hydrogen) atoms. The minimum absolute atomic E-state index is 0.107. The van der Waals surface area contributed by atoms with Crippen molar-refractivity contribution in [2.24, 2.45) is 23.7 Å². The second-order valence-corrected chi connectivity index (χ2v) is 19.9. The number of hydrogen-bond acceptors (Lipinski definition) is 2. The van der Waals surface area contributed by atoms with Crippen LogP contribution >= 0.6 is 0 Å². The zero-order chi connectivity index (χ0) is 43.2. The molecule has 8 aromatic rings. The van der Waals surface area contributed by atoms with Crippen LogP contribution in [0.15, 0.2) is 194 Å².